The number of hydrogen-bond acceptors (Lipinski definition) is 4. The zero-order chi connectivity index (χ0) is 22.5. The number of ether oxygens (including phenoxy) is 1. The zero-order valence-corrected chi connectivity index (χ0v) is 17.9. The quantitative estimate of drug-likeness (QED) is 0.336. The number of ketones is 1. The van der Waals surface area contributed by atoms with Crippen molar-refractivity contribution < 1.29 is 19.4 Å². The van der Waals surface area contributed by atoms with Crippen LogP contribution >= 0.6 is 0 Å². The molecule has 0 aliphatic carbocycles. The molecule has 5 nitrogen and oxygen atoms in total. The van der Waals surface area contributed by atoms with Crippen LogP contribution in [0.1, 0.15) is 29.7 Å². The second kappa shape index (κ2) is 9.52. The van der Waals surface area contributed by atoms with Gasteiger partial charge in [0.2, 0.25) is 0 Å². The summed E-state index contributed by atoms with van der Waals surface area (Å²) >= 11 is 0. The zero-order valence-electron chi connectivity index (χ0n) is 17.9. The van der Waals surface area contributed by atoms with Crippen LogP contribution < -0.4 is 4.74 Å². The number of carbonyl (C=O) groups is 2. The third-order valence-electron chi connectivity index (χ3n) is 5.56. The Morgan fingerprint density at radius 3 is 2.31 bits per heavy atom. The van der Waals surface area contributed by atoms with Gasteiger partial charge in [0, 0.05) is 12.1 Å². The molecule has 0 saturated carbocycles. The van der Waals surface area contributed by atoms with E-state index in [2.05, 4.69) is 0 Å². The first-order valence-electron chi connectivity index (χ1n) is 10.7. The number of Topliss-reactive ketones (excluding diaryl/α,β-unsaturated/α-hetero) is 1. The summed E-state index contributed by atoms with van der Waals surface area (Å²) in [6.07, 6.45) is 0.608. The predicted octanol–water partition coefficient (Wildman–Crippen LogP) is 4.75. The highest BCUT2D eigenvalue weighted by Crippen LogP contribution is 2.39. The first-order chi connectivity index (χ1) is 15.6. The topological polar surface area (TPSA) is 66.8 Å². The van der Waals surface area contributed by atoms with E-state index in [4.69, 9.17) is 4.74 Å². The van der Waals surface area contributed by atoms with E-state index >= 15 is 0 Å². The maximum absolute atomic E-state index is 13.1. The van der Waals surface area contributed by atoms with Crippen LogP contribution in [0, 0.1) is 0 Å². The SMILES string of the molecule is CCOc1cccc(/C(O)=C2\C(=O)C(=O)N(CCc3ccccc3)C2c2ccccc2)c1. The molecule has 1 unspecified atom stereocenters. The van der Waals surface area contributed by atoms with Crippen LogP contribution in [-0.2, 0) is 16.0 Å². The summed E-state index contributed by atoms with van der Waals surface area (Å²) < 4.78 is 5.53. The van der Waals surface area contributed by atoms with Gasteiger partial charge in [-0.15, -0.1) is 0 Å². The van der Waals surface area contributed by atoms with Gasteiger partial charge in [-0.3, -0.25) is 9.59 Å². The van der Waals surface area contributed by atoms with E-state index in [9.17, 15) is 14.7 Å². The van der Waals surface area contributed by atoms with Crippen LogP contribution in [0.5, 0.6) is 5.75 Å². The fraction of sp³-hybridized carbons (Fsp3) is 0.185. The highest BCUT2D eigenvalue weighted by Gasteiger charge is 2.45. The molecule has 5 heteroatoms. The number of hydrogen-bond donors (Lipinski definition) is 1. The fourth-order valence-electron chi connectivity index (χ4n) is 4.04. The minimum atomic E-state index is -0.675. The van der Waals surface area contributed by atoms with Gasteiger partial charge in [0.1, 0.15) is 11.5 Å². The van der Waals surface area contributed by atoms with Crippen LogP contribution in [0.4, 0.5) is 0 Å². The van der Waals surface area contributed by atoms with Gasteiger partial charge in [-0.1, -0.05) is 72.8 Å². The summed E-state index contributed by atoms with van der Waals surface area (Å²) in [7, 11) is 0. The van der Waals surface area contributed by atoms with Crippen molar-refractivity contribution in [3.63, 3.8) is 0 Å². The lowest BCUT2D eigenvalue weighted by Crippen LogP contribution is -2.31. The molecule has 0 bridgehead atoms. The van der Waals surface area contributed by atoms with E-state index < -0.39 is 17.7 Å². The van der Waals surface area contributed by atoms with Crippen LogP contribution in [0.25, 0.3) is 5.76 Å². The van der Waals surface area contributed by atoms with Crippen LogP contribution in [0.15, 0.2) is 90.5 Å². The molecule has 0 aromatic heterocycles. The molecule has 1 heterocycles. The number of amides is 1. The largest absolute Gasteiger partial charge is 0.507 e. The highest BCUT2D eigenvalue weighted by atomic mass is 16.5. The summed E-state index contributed by atoms with van der Waals surface area (Å²) in [6.45, 7) is 2.72. The Labute approximate surface area is 187 Å². The predicted molar refractivity (Wildman–Crippen MR) is 123 cm³/mol. The van der Waals surface area contributed by atoms with Gasteiger partial charge < -0.3 is 14.7 Å². The lowest BCUT2D eigenvalue weighted by molar-refractivity contribution is -0.139. The number of carbonyl (C=O) groups excluding carboxylic acids is 2. The lowest BCUT2D eigenvalue weighted by Gasteiger charge is -2.25. The Balaban J connectivity index is 1.76. The Kier molecular flexibility index (Phi) is 6.36. The third-order valence-corrected chi connectivity index (χ3v) is 5.56. The lowest BCUT2D eigenvalue weighted by atomic mass is 9.95. The Morgan fingerprint density at radius 1 is 0.938 bits per heavy atom. The van der Waals surface area contributed by atoms with Gasteiger partial charge in [0.25, 0.3) is 11.7 Å². The van der Waals surface area contributed by atoms with E-state index in [1.54, 1.807) is 29.2 Å². The number of aliphatic hydroxyl groups is 1. The van der Waals surface area contributed by atoms with Crippen LogP contribution in [0.3, 0.4) is 0 Å². The molecule has 32 heavy (non-hydrogen) atoms. The summed E-state index contributed by atoms with van der Waals surface area (Å²) in [5.41, 5.74) is 2.40. The standard InChI is InChI=1S/C27H25NO4/c1-2-32-22-15-9-14-21(18-22)25(29)23-24(20-12-7-4-8-13-20)28(27(31)26(23)30)17-16-19-10-5-3-6-11-19/h3-15,18,24,29H,2,16-17H2,1H3/b25-23+. The molecule has 1 aliphatic heterocycles. The molecule has 3 aromatic rings. The van der Waals surface area contributed by atoms with E-state index in [0.29, 0.717) is 30.9 Å². The summed E-state index contributed by atoms with van der Waals surface area (Å²) in [5.74, 6) is -0.879. The van der Waals surface area contributed by atoms with Gasteiger partial charge in [-0.25, -0.2) is 0 Å². The Bertz CT molecular complexity index is 1140. The number of benzene rings is 3. The number of rotatable bonds is 7. The molecule has 1 fully saturated rings. The van der Waals surface area contributed by atoms with Crippen molar-refractivity contribution in [1.82, 2.24) is 4.90 Å². The Hall–Kier alpha value is -3.86. The smallest absolute Gasteiger partial charge is 0.295 e. The van der Waals surface area contributed by atoms with Crippen LogP contribution in [-0.4, -0.2) is 34.8 Å². The number of nitrogens with zero attached hydrogens (tertiary/aromatic N) is 1. The van der Waals surface area contributed by atoms with Crippen molar-refractivity contribution in [2.45, 2.75) is 19.4 Å². The number of likely N-dealkylation sites (tertiary alicyclic amines) is 1. The highest BCUT2D eigenvalue weighted by molar-refractivity contribution is 6.46. The summed E-state index contributed by atoms with van der Waals surface area (Å²) in [5, 5.41) is 11.2. The fourth-order valence-corrected chi connectivity index (χ4v) is 4.04. The third kappa shape index (κ3) is 4.28. The maximum Gasteiger partial charge on any atom is 0.295 e. The Morgan fingerprint density at radius 2 is 1.62 bits per heavy atom. The van der Waals surface area contributed by atoms with Crippen molar-refractivity contribution in [2.75, 3.05) is 13.2 Å². The first-order valence-corrected chi connectivity index (χ1v) is 10.7. The molecule has 1 saturated heterocycles. The van der Waals surface area contributed by atoms with Gasteiger partial charge in [0.15, 0.2) is 0 Å². The molecule has 4 rings (SSSR count). The average Bonchev–Trinajstić information content (AvgIpc) is 3.09. The molecule has 0 spiro atoms. The molecule has 0 radical (unpaired) electrons. The number of aliphatic hydroxyl groups excluding tert-OH is 1. The van der Waals surface area contributed by atoms with E-state index in [1.165, 1.54) is 0 Å². The average molecular weight is 428 g/mol. The molecule has 1 aliphatic rings. The van der Waals surface area contributed by atoms with Crippen LogP contribution in [0.2, 0.25) is 0 Å². The molecular weight excluding hydrogens is 402 g/mol. The molecular formula is C27H25NO4. The second-order valence-corrected chi connectivity index (χ2v) is 7.60. The van der Waals surface area contributed by atoms with Crippen molar-refractivity contribution >= 4 is 17.4 Å². The molecule has 3 aromatic carbocycles. The summed E-state index contributed by atoms with van der Waals surface area (Å²) in [6, 6.07) is 25.4. The normalized spacial score (nSPS) is 17.5. The molecule has 162 valence electrons. The first kappa shape index (κ1) is 21.4. The second-order valence-electron chi connectivity index (χ2n) is 7.60. The molecule has 1 amide bonds. The van der Waals surface area contributed by atoms with E-state index in [1.807, 2.05) is 67.6 Å². The molecule has 1 atom stereocenters. The monoisotopic (exact) mass is 427 g/mol. The van der Waals surface area contributed by atoms with E-state index in [-0.39, 0.29) is 11.3 Å². The van der Waals surface area contributed by atoms with Gasteiger partial charge in [-0.05, 0) is 36.6 Å². The van der Waals surface area contributed by atoms with Gasteiger partial charge in [0.05, 0.1) is 18.2 Å². The van der Waals surface area contributed by atoms with Crippen molar-refractivity contribution in [1.29, 1.82) is 0 Å². The van der Waals surface area contributed by atoms with Crippen molar-refractivity contribution in [3.8, 4) is 5.75 Å². The van der Waals surface area contributed by atoms with Gasteiger partial charge >= 0.3 is 0 Å². The maximum atomic E-state index is 13.1. The minimum Gasteiger partial charge on any atom is -0.507 e. The minimum absolute atomic E-state index is 0.0999. The summed E-state index contributed by atoms with van der Waals surface area (Å²) in [4.78, 5) is 27.7. The molecule has 1 N–H and O–H groups in total. The van der Waals surface area contributed by atoms with Gasteiger partial charge in [-0.2, -0.15) is 0 Å². The van der Waals surface area contributed by atoms with Crippen molar-refractivity contribution in [2.24, 2.45) is 0 Å². The van der Waals surface area contributed by atoms with E-state index in [0.717, 1.165) is 11.1 Å². The van der Waals surface area contributed by atoms with Crippen molar-refractivity contribution in [3.05, 3.63) is 107 Å².